The number of ether oxygens (including phenoxy) is 1. The number of benzene rings is 2. The Kier molecular flexibility index (Phi) is 9.49. The summed E-state index contributed by atoms with van der Waals surface area (Å²) in [4.78, 5) is 23.8. The first-order valence-corrected chi connectivity index (χ1v) is 10.4. The number of carbonyl (C=O) groups excluding carboxylic acids is 2. The number of aryl methyl sites for hydroxylation is 1. The van der Waals surface area contributed by atoms with Gasteiger partial charge in [-0.2, -0.15) is 5.10 Å². The Morgan fingerprint density at radius 3 is 2.68 bits per heavy atom. The average molecular weight is 446 g/mol. The number of nitrogens with zero attached hydrogens (tertiary/aromatic N) is 1. The molecular formula is C23H28ClN3O4. The lowest BCUT2D eigenvalue weighted by Crippen LogP contribution is -2.23. The molecule has 0 aliphatic heterocycles. The highest BCUT2D eigenvalue weighted by atomic mass is 35.5. The van der Waals surface area contributed by atoms with Crippen molar-refractivity contribution in [3.05, 3.63) is 58.6 Å². The lowest BCUT2D eigenvalue weighted by atomic mass is 10.1. The number of hydrogen-bond acceptors (Lipinski definition) is 5. The zero-order valence-electron chi connectivity index (χ0n) is 17.9. The van der Waals surface area contributed by atoms with Crippen molar-refractivity contribution < 1.29 is 19.4 Å². The van der Waals surface area contributed by atoms with Gasteiger partial charge >= 0.3 is 0 Å². The Morgan fingerprint density at radius 2 is 1.97 bits per heavy atom. The van der Waals surface area contributed by atoms with Gasteiger partial charge in [-0.1, -0.05) is 23.7 Å². The van der Waals surface area contributed by atoms with E-state index in [1.165, 1.54) is 6.92 Å². The lowest BCUT2D eigenvalue weighted by molar-refractivity contribution is -0.122. The summed E-state index contributed by atoms with van der Waals surface area (Å²) in [5.41, 5.74) is 5.35. The molecule has 2 aromatic carbocycles. The van der Waals surface area contributed by atoms with Gasteiger partial charge in [-0.25, -0.2) is 5.43 Å². The number of aliphatic hydroxyl groups excluding tert-OH is 1. The maximum absolute atomic E-state index is 12.2. The number of nitrogens with one attached hydrogen (secondary N) is 2. The molecule has 8 heteroatoms. The first-order valence-electron chi connectivity index (χ1n) is 10.0. The van der Waals surface area contributed by atoms with Crippen LogP contribution >= 0.6 is 11.6 Å². The van der Waals surface area contributed by atoms with Gasteiger partial charge in [0.05, 0.1) is 24.8 Å². The third kappa shape index (κ3) is 8.78. The van der Waals surface area contributed by atoms with Crippen LogP contribution in [0.4, 0.5) is 5.69 Å². The number of rotatable bonds is 10. The monoisotopic (exact) mass is 445 g/mol. The Labute approximate surface area is 187 Å². The number of anilines is 1. The van der Waals surface area contributed by atoms with E-state index in [2.05, 4.69) is 15.8 Å². The van der Waals surface area contributed by atoms with Crippen LogP contribution in [0.15, 0.2) is 47.6 Å². The Bertz CT molecular complexity index is 944. The van der Waals surface area contributed by atoms with Crippen molar-refractivity contribution in [3.8, 4) is 5.75 Å². The quantitative estimate of drug-likeness (QED) is 0.291. The summed E-state index contributed by atoms with van der Waals surface area (Å²) in [6.45, 7) is 5.63. The minimum Gasteiger partial charge on any atom is -0.493 e. The summed E-state index contributed by atoms with van der Waals surface area (Å²) < 4.78 is 5.71. The summed E-state index contributed by atoms with van der Waals surface area (Å²) in [5.74, 6) is 0.274. The highest BCUT2D eigenvalue weighted by Crippen LogP contribution is 2.22. The average Bonchev–Trinajstić information content (AvgIpc) is 2.70. The SMILES string of the molecule is CC(=NNC(=O)CC(C)O)c1cccc(NC(=O)CCCOc2ccc(Cl)cc2C)c1. The van der Waals surface area contributed by atoms with Gasteiger partial charge < -0.3 is 15.2 Å². The second kappa shape index (κ2) is 12.1. The van der Waals surface area contributed by atoms with E-state index >= 15 is 0 Å². The van der Waals surface area contributed by atoms with Gasteiger partial charge in [-0.3, -0.25) is 9.59 Å². The molecule has 0 aliphatic rings. The van der Waals surface area contributed by atoms with Crippen molar-refractivity contribution in [2.45, 2.75) is 46.1 Å². The Hall–Kier alpha value is -2.90. The molecule has 0 aromatic heterocycles. The van der Waals surface area contributed by atoms with Gasteiger partial charge in [-0.15, -0.1) is 0 Å². The normalized spacial score (nSPS) is 12.2. The van der Waals surface area contributed by atoms with Crippen molar-refractivity contribution in [2.24, 2.45) is 5.10 Å². The fourth-order valence-corrected chi connectivity index (χ4v) is 2.99. The molecule has 7 nitrogen and oxygen atoms in total. The van der Waals surface area contributed by atoms with E-state index in [0.717, 1.165) is 16.9 Å². The molecule has 31 heavy (non-hydrogen) atoms. The number of carbonyl (C=O) groups is 2. The molecule has 2 amide bonds. The first-order chi connectivity index (χ1) is 14.7. The predicted octanol–water partition coefficient (Wildman–Crippen LogP) is 4.06. The number of halogens is 1. The van der Waals surface area contributed by atoms with Crippen LogP contribution in [-0.4, -0.2) is 35.3 Å². The molecule has 0 radical (unpaired) electrons. The van der Waals surface area contributed by atoms with Gasteiger partial charge in [0.25, 0.3) is 0 Å². The zero-order valence-corrected chi connectivity index (χ0v) is 18.7. The first kappa shape index (κ1) is 24.4. The largest absolute Gasteiger partial charge is 0.493 e. The Morgan fingerprint density at radius 1 is 1.19 bits per heavy atom. The summed E-state index contributed by atoms with van der Waals surface area (Å²) in [6, 6.07) is 12.6. The molecule has 3 N–H and O–H groups in total. The highest BCUT2D eigenvalue weighted by molar-refractivity contribution is 6.30. The van der Waals surface area contributed by atoms with E-state index in [1.54, 1.807) is 31.2 Å². The summed E-state index contributed by atoms with van der Waals surface area (Å²) in [6.07, 6.45) is 0.145. The van der Waals surface area contributed by atoms with Crippen LogP contribution in [0.1, 0.15) is 44.2 Å². The van der Waals surface area contributed by atoms with E-state index in [9.17, 15) is 14.7 Å². The minimum atomic E-state index is -0.727. The Balaban J connectivity index is 1.81. The molecule has 0 heterocycles. The summed E-state index contributed by atoms with van der Waals surface area (Å²) >= 11 is 5.93. The van der Waals surface area contributed by atoms with Crippen LogP contribution < -0.4 is 15.5 Å². The van der Waals surface area contributed by atoms with E-state index in [1.807, 2.05) is 25.1 Å². The molecule has 0 saturated heterocycles. The molecular weight excluding hydrogens is 418 g/mol. The van der Waals surface area contributed by atoms with Crippen molar-refractivity contribution in [3.63, 3.8) is 0 Å². The molecule has 2 aromatic rings. The van der Waals surface area contributed by atoms with Crippen LogP contribution in [0, 0.1) is 6.92 Å². The second-order valence-corrected chi connectivity index (χ2v) is 7.71. The van der Waals surface area contributed by atoms with Crippen LogP contribution in [0.3, 0.4) is 0 Å². The van der Waals surface area contributed by atoms with Gasteiger partial charge in [-0.05, 0) is 68.7 Å². The molecule has 1 atom stereocenters. The second-order valence-electron chi connectivity index (χ2n) is 7.28. The van der Waals surface area contributed by atoms with Crippen molar-refractivity contribution >= 4 is 34.8 Å². The molecule has 1 unspecified atom stereocenters. The predicted molar refractivity (Wildman–Crippen MR) is 123 cm³/mol. The van der Waals surface area contributed by atoms with Gasteiger partial charge in [0.2, 0.25) is 11.8 Å². The van der Waals surface area contributed by atoms with Crippen LogP contribution in [-0.2, 0) is 9.59 Å². The number of hydrazone groups is 1. The summed E-state index contributed by atoms with van der Waals surface area (Å²) in [7, 11) is 0. The van der Waals surface area contributed by atoms with Crippen LogP contribution in [0.25, 0.3) is 0 Å². The zero-order chi connectivity index (χ0) is 22.8. The smallest absolute Gasteiger partial charge is 0.242 e. The van der Waals surface area contributed by atoms with Crippen molar-refractivity contribution in [1.29, 1.82) is 0 Å². The fraction of sp³-hybridized carbons (Fsp3) is 0.348. The highest BCUT2D eigenvalue weighted by Gasteiger charge is 2.07. The minimum absolute atomic E-state index is 0.0197. The molecule has 0 fully saturated rings. The van der Waals surface area contributed by atoms with Crippen molar-refractivity contribution in [1.82, 2.24) is 5.43 Å². The van der Waals surface area contributed by atoms with E-state index in [4.69, 9.17) is 16.3 Å². The van der Waals surface area contributed by atoms with Crippen molar-refractivity contribution in [2.75, 3.05) is 11.9 Å². The molecule has 0 aliphatic carbocycles. The summed E-state index contributed by atoms with van der Waals surface area (Å²) in [5, 5.41) is 16.8. The van der Waals surface area contributed by atoms with Crippen LogP contribution in [0.5, 0.6) is 5.75 Å². The molecule has 0 spiro atoms. The van der Waals surface area contributed by atoms with Gasteiger partial charge in [0, 0.05) is 17.1 Å². The molecule has 0 bridgehead atoms. The maximum atomic E-state index is 12.2. The number of aliphatic hydroxyl groups is 1. The van der Waals surface area contributed by atoms with E-state index < -0.39 is 6.10 Å². The third-order valence-corrected chi connectivity index (χ3v) is 4.57. The number of amides is 2. The molecule has 0 saturated carbocycles. The lowest BCUT2D eigenvalue weighted by Gasteiger charge is -2.10. The third-order valence-electron chi connectivity index (χ3n) is 4.34. The van der Waals surface area contributed by atoms with Crippen LogP contribution in [0.2, 0.25) is 5.02 Å². The maximum Gasteiger partial charge on any atom is 0.242 e. The standard InChI is InChI=1S/C23H28ClN3O4/c1-15-12-19(24)9-10-21(15)31-11-5-8-22(29)25-20-7-4-6-18(14-20)17(3)26-27-23(30)13-16(2)28/h4,6-7,9-10,12,14,16,28H,5,8,11,13H2,1-3H3,(H,25,29)(H,27,30). The topological polar surface area (TPSA) is 100 Å². The molecule has 166 valence electrons. The number of hydrogen-bond donors (Lipinski definition) is 3. The van der Waals surface area contributed by atoms with Gasteiger partial charge in [0.15, 0.2) is 0 Å². The molecule has 2 rings (SSSR count). The van der Waals surface area contributed by atoms with Gasteiger partial charge in [0.1, 0.15) is 5.75 Å². The fourth-order valence-electron chi connectivity index (χ4n) is 2.76. The van der Waals surface area contributed by atoms with E-state index in [-0.39, 0.29) is 18.2 Å². The van der Waals surface area contributed by atoms with E-state index in [0.29, 0.717) is 35.9 Å².